The topological polar surface area (TPSA) is 110 Å². The first kappa shape index (κ1) is 18.9. The highest BCUT2D eigenvalue weighted by atomic mass is 32.1. The van der Waals surface area contributed by atoms with Crippen molar-refractivity contribution in [3.8, 4) is 0 Å². The van der Waals surface area contributed by atoms with E-state index in [0.29, 0.717) is 32.5 Å². The smallest absolute Gasteiger partial charge is 0.312 e. The van der Waals surface area contributed by atoms with Crippen LogP contribution in [0.4, 0.5) is 4.79 Å². The van der Waals surface area contributed by atoms with E-state index >= 15 is 0 Å². The first-order valence-electron chi connectivity index (χ1n) is 9.86. The largest absolute Gasteiger partial charge is 0.352 e. The van der Waals surface area contributed by atoms with Crippen LogP contribution in [0.15, 0.2) is 11.1 Å². The Kier molecular flexibility index (Phi) is 5.34. The van der Waals surface area contributed by atoms with Gasteiger partial charge in [-0.1, -0.05) is 0 Å². The number of urea groups is 1. The summed E-state index contributed by atoms with van der Waals surface area (Å²) >= 11 is 1.64. The van der Waals surface area contributed by atoms with E-state index in [4.69, 9.17) is 5.73 Å². The Morgan fingerprint density at radius 3 is 2.75 bits per heavy atom. The molecule has 9 heteroatoms. The quantitative estimate of drug-likeness (QED) is 0.803. The van der Waals surface area contributed by atoms with Gasteiger partial charge in [-0.2, -0.15) is 0 Å². The molecule has 0 bridgehead atoms. The normalized spacial score (nSPS) is 17.5. The summed E-state index contributed by atoms with van der Waals surface area (Å²) in [5.74, 6) is 0.0249. The van der Waals surface area contributed by atoms with Gasteiger partial charge in [0.15, 0.2) is 0 Å². The maximum absolute atomic E-state index is 12.9. The molecular formula is C19H25N5O3S. The molecule has 8 nitrogen and oxygen atoms in total. The number of hydrogen-bond donors (Lipinski definition) is 2. The lowest BCUT2D eigenvalue weighted by molar-refractivity contribution is -0.132. The van der Waals surface area contributed by atoms with Crippen molar-refractivity contribution in [2.75, 3.05) is 13.1 Å². The number of rotatable bonds is 4. The van der Waals surface area contributed by atoms with Crippen molar-refractivity contribution in [3.05, 3.63) is 27.1 Å². The number of nitrogens with zero attached hydrogens (tertiary/aromatic N) is 3. The molecule has 2 aromatic rings. The van der Waals surface area contributed by atoms with E-state index in [9.17, 15) is 14.4 Å². The maximum Gasteiger partial charge on any atom is 0.312 e. The highest BCUT2D eigenvalue weighted by molar-refractivity contribution is 7.18. The van der Waals surface area contributed by atoms with Crippen LogP contribution < -0.4 is 16.6 Å². The molecule has 0 atom stereocenters. The van der Waals surface area contributed by atoms with Gasteiger partial charge in [-0.25, -0.2) is 9.78 Å². The highest BCUT2D eigenvalue weighted by Gasteiger charge is 2.24. The van der Waals surface area contributed by atoms with Crippen molar-refractivity contribution in [3.63, 3.8) is 0 Å². The Balaban J connectivity index is 1.40. The van der Waals surface area contributed by atoms with Crippen molar-refractivity contribution < 1.29 is 9.59 Å². The predicted molar refractivity (Wildman–Crippen MR) is 107 cm³/mol. The van der Waals surface area contributed by atoms with Crippen LogP contribution in [0.2, 0.25) is 0 Å². The number of nitrogens with two attached hydrogens (primary N) is 1. The Hall–Kier alpha value is -2.42. The summed E-state index contributed by atoms with van der Waals surface area (Å²) in [7, 11) is 0. The van der Waals surface area contributed by atoms with E-state index < -0.39 is 6.03 Å². The van der Waals surface area contributed by atoms with E-state index in [1.807, 2.05) is 0 Å². The third-order valence-electron chi connectivity index (χ3n) is 5.70. The first-order valence-corrected chi connectivity index (χ1v) is 10.7. The van der Waals surface area contributed by atoms with Crippen LogP contribution in [0.1, 0.15) is 42.5 Å². The number of aromatic nitrogens is 2. The fourth-order valence-corrected chi connectivity index (χ4v) is 5.41. The molecular weight excluding hydrogens is 378 g/mol. The molecule has 1 aliphatic heterocycles. The van der Waals surface area contributed by atoms with Crippen LogP contribution in [0.3, 0.4) is 0 Å². The van der Waals surface area contributed by atoms with Crippen molar-refractivity contribution >= 4 is 33.5 Å². The van der Waals surface area contributed by atoms with E-state index in [1.165, 1.54) is 16.9 Å². The van der Waals surface area contributed by atoms with Gasteiger partial charge in [0.1, 0.15) is 4.83 Å². The Bertz CT molecular complexity index is 958. The van der Waals surface area contributed by atoms with E-state index in [2.05, 4.69) is 10.3 Å². The number of piperidine rings is 1. The predicted octanol–water partition coefficient (Wildman–Crippen LogP) is 1.39. The molecule has 0 saturated carbocycles. The van der Waals surface area contributed by atoms with Gasteiger partial charge in [-0.05, 0) is 44.1 Å². The third-order valence-corrected chi connectivity index (χ3v) is 6.90. The summed E-state index contributed by atoms with van der Waals surface area (Å²) in [5, 5.41) is 3.45. The monoisotopic (exact) mass is 403 g/mol. The molecule has 0 radical (unpaired) electrons. The summed E-state index contributed by atoms with van der Waals surface area (Å²) in [6.45, 7) is 1.52. The summed E-state index contributed by atoms with van der Waals surface area (Å²) in [6.07, 6.45) is 7.52. The lowest BCUT2D eigenvalue weighted by atomic mass is 9.97. The van der Waals surface area contributed by atoms with E-state index in [0.717, 1.165) is 29.5 Å². The zero-order valence-corrected chi connectivity index (χ0v) is 16.6. The molecule has 2 aromatic heterocycles. The third kappa shape index (κ3) is 3.76. The van der Waals surface area contributed by atoms with E-state index in [1.54, 1.807) is 27.1 Å². The van der Waals surface area contributed by atoms with Crippen LogP contribution >= 0.6 is 11.3 Å². The van der Waals surface area contributed by atoms with Gasteiger partial charge in [0.25, 0.3) is 5.56 Å². The molecule has 0 aromatic carbocycles. The molecule has 28 heavy (non-hydrogen) atoms. The number of hydrogen-bond acceptors (Lipinski definition) is 5. The average Bonchev–Trinajstić information content (AvgIpc) is 3.06. The summed E-state index contributed by atoms with van der Waals surface area (Å²) in [6, 6.07) is -0.497. The summed E-state index contributed by atoms with van der Waals surface area (Å²) in [5.41, 5.74) is 6.30. The lowest BCUT2D eigenvalue weighted by Gasteiger charge is -2.32. The molecule has 3 N–H and O–H groups in total. The molecule has 3 amide bonds. The Labute approximate surface area is 166 Å². The van der Waals surface area contributed by atoms with Gasteiger partial charge in [0.05, 0.1) is 11.7 Å². The van der Waals surface area contributed by atoms with Crippen LogP contribution in [0.5, 0.6) is 0 Å². The number of amides is 3. The minimum absolute atomic E-state index is 0.0249. The van der Waals surface area contributed by atoms with Gasteiger partial charge < -0.3 is 16.0 Å². The average molecular weight is 404 g/mol. The molecule has 150 valence electrons. The van der Waals surface area contributed by atoms with Crippen molar-refractivity contribution in [2.24, 2.45) is 5.73 Å². The SMILES string of the molecule is NC(=O)NC1CCN(C(=O)CCn2cnc3sc4c(c3c2=O)CCCC4)CC1. The number of nitrogens with one attached hydrogen (secondary N) is 1. The van der Waals surface area contributed by atoms with E-state index in [-0.39, 0.29) is 23.9 Å². The Morgan fingerprint density at radius 2 is 2.00 bits per heavy atom. The molecule has 2 aliphatic rings. The van der Waals surface area contributed by atoms with Crippen LogP contribution in [0, 0.1) is 0 Å². The second-order valence-electron chi connectivity index (χ2n) is 7.55. The second kappa shape index (κ2) is 7.90. The molecule has 0 spiro atoms. The number of likely N-dealkylation sites (tertiary alicyclic amines) is 1. The molecule has 1 aliphatic carbocycles. The first-order chi connectivity index (χ1) is 13.5. The molecule has 3 heterocycles. The molecule has 1 fully saturated rings. The van der Waals surface area contributed by atoms with Gasteiger partial charge in [-0.3, -0.25) is 14.2 Å². The number of carbonyl (C=O) groups excluding carboxylic acids is 2. The summed E-state index contributed by atoms with van der Waals surface area (Å²) < 4.78 is 1.57. The van der Waals surface area contributed by atoms with Gasteiger partial charge in [0, 0.05) is 37.0 Å². The van der Waals surface area contributed by atoms with Crippen molar-refractivity contribution in [1.82, 2.24) is 19.8 Å². The minimum atomic E-state index is -0.525. The fraction of sp³-hybridized carbons (Fsp3) is 0.579. The van der Waals surface area contributed by atoms with Crippen molar-refractivity contribution in [1.29, 1.82) is 0 Å². The molecule has 4 rings (SSSR count). The summed E-state index contributed by atoms with van der Waals surface area (Å²) in [4.78, 5) is 44.8. The zero-order valence-electron chi connectivity index (χ0n) is 15.8. The number of fused-ring (bicyclic) bond motifs is 3. The maximum atomic E-state index is 12.9. The second-order valence-corrected chi connectivity index (χ2v) is 8.63. The number of carbonyl (C=O) groups is 2. The Morgan fingerprint density at radius 1 is 1.25 bits per heavy atom. The fourth-order valence-electron chi connectivity index (χ4n) is 4.19. The van der Waals surface area contributed by atoms with Gasteiger partial charge in [-0.15, -0.1) is 11.3 Å². The number of aryl methyl sites for hydroxylation is 3. The van der Waals surface area contributed by atoms with Crippen LogP contribution in [-0.2, 0) is 24.2 Å². The van der Waals surface area contributed by atoms with Gasteiger partial charge in [0.2, 0.25) is 5.91 Å². The molecule has 0 unspecified atom stereocenters. The molecule has 1 saturated heterocycles. The highest BCUT2D eigenvalue weighted by Crippen LogP contribution is 2.33. The van der Waals surface area contributed by atoms with Crippen molar-refractivity contribution in [2.45, 2.75) is 57.5 Å². The van der Waals surface area contributed by atoms with Crippen LogP contribution in [-0.4, -0.2) is 45.5 Å². The lowest BCUT2D eigenvalue weighted by Crippen LogP contribution is -2.48. The zero-order chi connectivity index (χ0) is 19.7. The number of primary amides is 1. The van der Waals surface area contributed by atoms with Gasteiger partial charge >= 0.3 is 6.03 Å². The van der Waals surface area contributed by atoms with Crippen LogP contribution in [0.25, 0.3) is 10.2 Å². The minimum Gasteiger partial charge on any atom is -0.352 e. The standard InChI is InChI=1S/C19H25N5O3S/c20-19(27)22-12-5-8-23(9-6-12)15(25)7-10-24-11-21-17-16(18(24)26)13-3-1-2-4-14(13)28-17/h11-12H,1-10H2,(H3,20,22,27). The number of thiophene rings is 1.